The van der Waals surface area contributed by atoms with Crippen molar-refractivity contribution in [1.82, 2.24) is 0 Å². The lowest BCUT2D eigenvalue weighted by Crippen LogP contribution is -2.16. The number of hydrogen-bond donors (Lipinski definition) is 1. The van der Waals surface area contributed by atoms with E-state index < -0.39 is 6.29 Å². The molecule has 1 unspecified atom stereocenters. The van der Waals surface area contributed by atoms with E-state index in [1.165, 1.54) is 0 Å². The number of rotatable bonds is 4. The van der Waals surface area contributed by atoms with Crippen molar-refractivity contribution in [3.05, 3.63) is 0 Å². The highest BCUT2D eigenvalue weighted by atomic mass is 16.6. The summed E-state index contributed by atoms with van der Waals surface area (Å²) in [6, 6.07) is 0. The van der Waals surface area contributed by atoms with Crippen LogP contribution in [0.15, 0.2) is 0 Å². The van der Waals surface area contributed by atoms with Gasteiger partial charge < -0.3 is 9.84 Å². The molecule has 0 rings (SSSR count). The summed E-state index contributed by atoms with van der Waals surface area (Å²) in [5, 5.41) is 8.52. The lowest BCUT2D eigenvalue weighted by Gasteiger charge is -2.06. The third-order valence-corrected chi connectivity index (χ3v) is 0.717. The highest BCUT2D eigenvalue weighted by Crippen LogP contribution is 1.93. The standard InChI is InChI=1S/C6H12O3/c1-5(2)4-9-6(8)3-7/h3,5-6,8H,4H2,1-2H3. The zero-order valence-electron chi connectivity index (χ0n) is 5.70. The van der Waals surface area contributed by atoms with E-state index in [2.05, 4.69) is 4.74 Å². The molecule has 0 aliphatic heterocycles. The third-order valence-electron chi connectivity index (χ3n) is 0.717. The van der Waals surface area contributed by atoms with Gasteiger partial charge in [-0.3, -0.25) is 4.79 Å². The van der Waals surface area contributed by atoms with E-state index in [-0.39, 0.29) is 0 Å². The van der Waals surface area contributed by atoms with Gasteiger partial charge in [-0.1, -0.05) is 13.8 Å². The van der Waals surface area contributed by atoms with Crippen molar-refractivity contribution in [3.8, 4) is 0 Å². The normalized spacial score (nSPS) is 13.8. The Labute approximate surface area is 54.6 Å². The molecule has 9 heavy (non-hydrogen) atoms. The van der Waals surface area contributed by atoms with Crippen molar-refractivity contribution >= 4 is 6.29 Å². The second-order valence-corrected chi connectivity index (χ2v) is 2.25. The number of ether oxygens (including phenoxy) is 1. The molecule has 0 aromatic carbocycles. The van der Waals surface area contributed by atoms with Gasteiger partial charge in [0.25, 0.3) is 0 Å². The molecular formula is C6H12O3. The third kappa shape index (κ3) is 5.46. The molecule has 0 spiro atoms. The number of carbonyl (C=O) groups excluding carboxylic acids is 1. The molecule has 0 radical (unpaired) electrons. The lowest BCUT2D eigenvalue weighted by molar-refractivity contribution is -0.144. The van der Waals surface area contributed by atoms with Crippen LogP contribution in [0.2, 0.25) is 0 Å². The first-order valence-corrected chi connectivity index (χ1v) is 2.91. The molecule has 0 saturated carbocycles. The largest absolute Gasteiger partial charge is 0.362 e. The quantitative estimate of drug-likeness (QED) is 0.438. The van der Waals surface area contributed by atoms with Crippen LogP contribution in [0.4, 0.5) is 0 Å². The molecule has 0 aromatic heterocycles. The average molecular weight is 132 g/mol. The molecule has 0 heterocycles. The molecule has 1 N–H and O–H groups in total. The summed E-state index contributed by atoms with van der Waals surface area (Å²) in [5.41, 5.74) is 0. The summed E-state index contributed by atoms with van der Waals surface area (Å²) >= 11 is 0. The Morgan fingerprint density at radius 1 is 1.67 bits per heavy atom. The van der Waals surface area contributed by atoms with E-state index in [0.29, 0.717) is 18.8 Å². The molecule has 0 fully saturated rings. The smallest absolute Gasteiger partial charge is 0.212 e. The van der Waals surface area contributed by atoms with E-state index in [1.54, 1.807) is 0 Å². The van der Waals surface area contributed by atoms with Crippen molar-refractivity contribution in [1.29, 1.82) is 0 Å². The van der Waals surface area contributed by atoms with Crippen LogP contribution in [0.1, 0.15) is 13.8 Å². The van der Waals surface area contributed by atoms with Gasteiger partial charge in [0.2, 0.25) is 6.29 Å². The fourth-order valence-corrected chi connectivity index (χ4v) is 0.330. The first kappa shape index (κ1) is 8.59. The summed E-state index contributed by atoms with van der Waals surface area (Å²) in [7, 11) is 0. The summed E-state index contributed by atoms with van der Waals surface area (Å²) < 4.78 is 4.64. The Balaban J connectivity index is 3.16. The van der Waals surface area contributed by atoms with E-state index in [0.717, 1.165) is 0 Å². The number of aliphatic hydroxyl groups excluding tert-OH is 1. The van der Waals surface area contributed by atoms with E-state index >= 15 is 0 Å². The van der Waals surface area contributed by atoms with Crippen LogP contribution in [0.3, 0.4) is 0 Å². The molecule has 3 heteroatoms. The number of hydrogen-bond acceptors (Lipinski definition) is 3. The van der Waals surface area contributed by atoms with Crippen LogP contribution >= 0.6 is 0 Å². The molecule has 54 valence electrons. The predicted molar refractivity (Wildman–Crippen MR) is 32.9 cm³/mol. The Morgan fingerprint density at radius 2 is 2.22 bits per heavy atom. The van der Waals surface area contributed by atoms with Gasteiger partial charge in [0, 0.05) is 0 Å². The average Bonchev–Trinajstić information content (AvgIpc) is 1.83. The fourth-order valence-electron chi connectivity index (χ4n) is 0.330. The van der Waals surface area contributed by atoms with Crippen LogP contribution in [0, 0.1) is 5.92 Å². The van der Waals surface area contributed by atoms with Gasteiger partial charge in [0.15, 0.2) is 6.29 Å². The molecule has 0 aromatic rings. The maximum atomic E-state index is 9.74. The Bertz CT molecular complexity index is 80.4. The summed E-state index contributed by atoms with van der Waals surface area (Å²) in [4.78, 5) is 9.74. The van der Waals surface area contributed by atoms with Crippen LogP contribution in [-0.2, 0) is 9.53 Å². The van der Waals surface area contributed by atoms with Crippen LogP contribution < -0.4 is 0 Å². The van der Waals surface area contributed by atoms with Gasteiger partial charge in [-0.2, -0.15) is 0 Å². The van der Waals surface area contributed by atoms with Crippen LogP contribution in [0.5, 0.6) is 0 Å². The molecule has 1 atom stereocenters. The predicted octanol–water partition coefficient (Wildman–Crippen LogP) is 0.176. The van der Waals surface area contributed by atoms with Crippen molar-refractivity contribution in [2.45, 2.75) is 20.1 Å². The Kier molecular flexibility index (Phi) is 4.26. The second kappa shape index (κ2) is 4.47. The fraction of sp³-hybridized carbons (Fsp3) is 0.833. The van der Waals surface area contributed by atoms with Crippen molar-refractivity contribution in [2.24, 2.45) is 5.92 Å². The van der Waals surface area contributed by atoms with E-state index in [4.69, 9.17) is 5.11 Å². The molecule has 0 bridgehead atoms. The first-order chi connectivity index (χ1) is 4.16. The van der Waals surface area contributed by atoms with E-state index in [9.17, 15) is 4.79 Å². The maximum absolute atomic E-state index is 9.74. The zero-order valence-corrected chi connectivity index (χ0v) is 5.70. The SMILES string of the molecule is CC(C)COC(O)C=O. The summed E-state index contributed by atoms with van der Waals surface area (Å²) in [6.45, 7) is 4.30. The minimum Gasteiger partial charge on any atom is -0.362 e. The lowest BCUT2D eigenvalue weighted by atomic mass is 10.2. The van der Waals surface area contributed by atoms with Crippen molar-refractivity contribution in [3.63, 3.8) is 0 Å². The van der Waals surface area contributed by atoms with Gasteiger partial charge in [0.1, 0.15) is 0 Å². The molecule has 0 saturated heterocycles. The molecule has 0 aliphatic rings. The highest BCUT2D eigenvalue weighted by molar-refractivity contribution is 5.53. The summed E-state index contributed by atoms with van der Waals surface area (Å²) in [6.07, 6.45) is -0.880. The van der Waals surface area contributed by atoms with Gasteiger partial charge in [-0.15, -0.1) is 0 Å². The molecule has 3 nitrogen and oxygen atoms in total. The van der Waals surface area contributed by atoms with Crippen LogP contribution in [-0.4, -0.2) is 24.3 Å². The van der Waals surface area contributed by atoms with Gasteiger partial charge >= 0.3 is 0 Å². The topological polar surface area (TPSA) is 46.5 Å². The minimum atomic E-state index is -1.24. The van der Waals surface area contributed by atoms with Gasteiger partial charge in [0.05, 0.1) is 6.61 Å². The highest BCUT2D eigenvalue weighted by Gasteiger charge is 2.01. The van der Waals surface area contributed by atoms with Gasteiger partial charge in [-0.05, 0) is 5.92 Å². The molecular weight excluding hydrogens is 120 g/mol. The van der Waals surface area contributed by atoms with Gasteiger partial charge in [-0.25, -0.2) is 0 Å². The number of aldehydes is 1. The maximum Gasteiger partial charge on any atom is 0.212 e. The monoisotopic (exact) mass is 132 g/mol. The number of carbonyl (C=O) groups is 1. The summed E-state index contributed by atoms with van der Waals surface area (Å²) in [5.74, 6) is 0.347. The van der Waals surface area contributed by atoms with Crippen LogP contribution in [0.25, 0.3) is 0 Å². The Morgan fingerprint density at radius 3 is 2.56 bits per heavy atom. The number of aliphatic hydroxyl groups is 1. The molecule has 0 aliphatic carbocycles. The second-order valence-electron chi connectivity index (χ2n) is 2.25. The molecule has 0 amide bonds. The zero-order chi connectivity index (χ0) is 7.28. The van der Waals surface area contributed by atoms with E-state index in [1.807, 2.05) is 13.8 Å². The minimum absolute atomic E-state index is 0.347. The first-order valence-electron chi connectivity index (χ1n) is 2.91. The Hall–Kier alpha value is -0.410. The van der Waals surface area contributed by atoms with Crippen molar-refractivity contribution < 1.29 is 14.6 Å². The van der Waals surface area contributed by atoms with Crippen molar-refractivity contribution in [2.75, 3.05) is 6.61 Å².